The Morgan fingerprint density at radius 3 is 2.62 bits per heavy atom. The van der Waals surface area contributed by atoms with E-state index in [1.54, 1.807) is 0 Å². The van der Waals surface area contributed by atoms with Gasteiger partial charge in [0.2, 0.25) is 5.91 Å². The first-order valence-corrected chi connectivity index (χ1v) is 8.67. The summed E-state index contributed by atoms with van der Waals surface area (Å²) in [4.78, 5) is 16.2. The number of aliphatic hydroxyl groups is 1. The van der Waals surface area contributed by atoms with Crippen LogP contribution in [0.5, 0.6) is 0 Å². The number of rotatable bonds is 7. The summed E-state index contributed by atoms with van der Waals surface area (Å²) in [6.45, 7) is 0.621. The van der Waals surface area contributed by atoms with Crippen molar-refractivity contribution in [2.75, 3.05) is 12.3 Å². The third-order valence-corrected chi connectivity index (χ3v) is 4.37. The predicted octanol–water partition coefficient (Wildman–Crippen LogP) is 2.77. The summed E-state index contributed by atoms with van der Waals surface area (Å²) in [6, 6.07) is 15.2. The first kappa shape index (κ1) is 16.5. The van der Waals surface area contributed by atoms with E-state index in [0.29, 0.717) is 11.8 Å². The number of amides is 1. The van der Waals surface area contributed by atoms with Gasteiger partial charge in [-0.2, -0.15) is 0 Å². The van der Waals surface area contributed by atoms with Gasteiger partial charge in [0.15, 0.2) is 5.58 Å². The monoisotopic (exact) mass is 342 g/mol. The number of nitrogens with one attached hydrogen (secondary N) is 1. The molecular weight excluding hydrogens is 324 g/mol. The van der Waals surface area contributed by atoms with E-state index in [4.69, 9.17) is 9.52 Å². The van der Waals surface area contributed by atoms with Gasteiger partial charge in [-0.1, -0.05) is 48.2 Å². The first-order valence-electron chi connectivity index (χ1n) is 7.68. The molecule has 1 amide bonds. The second-order valence-electron chi connectivity index (χ2n) is 5.31. The molecule has 124 valence electrons. The van der Waals surface area contributed by atoms with Crippen LogP contribution < -0.4 is 5.32 Å². The van der Waals surface area contributed by atoms with E-state index in [1.807, 2.05) is 48.5 Å². The Kier molecular flexibility index (Phi) is 5.51. The lowest BCUT2D eigenvalue weighted by Gasteiger charge is -2.05. The zero-order chi connectivity index (χ0) is 16.8. The van der Waals surface area contributed by atoms with Gasteiger partial charge in [0, 0.05) is 6.54 Å². The molecule has 3 aromatic rings. The van der Waals surface area contributed by atoms with Crippen molar-refractivity contribution in [3.05, 3.63) is 59.7 Å². The van der Waals surface area contributed by atoms with Gasteiger partial charge in [-0.25, -0.2) is 4.98 Å². The fourth-order valence-electron chi connectivity index (χ4n) is 2.25. The maximum Gasteiger partial charge on any atom is 0.257 e. The van der Waals surface area contributed by atoms with E-state index in [9.17, 15) is 4.79 Å². The van der Waals surface area contributed by atoms with E-state index in [2.05, 4.69) is 10.3 Å². The smallest absolute Gasteiger partial charge is 0.257 e. The average Bonchev–Trinajstić information content (AvgIpc) is 3.03. The summed E-state index contributed by atoms with van der Waals surface area (Å²) in [7, 11) is 0. The summed E-state index contributed by atoms with van der Waals surface area (Å²) in [5.41, 5.74) is 3.54. The standard InChI is InChI=1S/C18H18N2O3S/c21-11-14-7-5-13(6-8-14)9-10-19-17(22)12-24-18-20-15-3-1-2-4-16(15)23-18/h1-8,21H,9-12H2,(H,19,22). The Bertz CT molecular complexity index is 782. The second-order valence-corrected chi connectivity index (χ2v) is 6.24. The molecule has 0 fully saturated rings. The molecule has 0 unspecified atom stereocenters. The van der Waals surface area contributed by atoms with E-state index >= 15 is 0 Å². The molecule has 5 nitrogen and oxygen atoms in total. The van der Waals surface area contributed by atoms with Crippen LogP contribution in [0.3, 0.4) is 0 Å². The van der Waals surface area contributed by atoms with E-state index in [-0.39, 0.29) is 18.3 Å². The van der Waals surface area contributed by atoms with Crippen LogP contribution in [-0.2, 0) is 17.8 Å². The van der Waals surface area contributed by atoms with Crippen molar-refractivity contribution in [1.29, 1.82) is 0 Å². The Morgan fingerprint density at radius 2 is 1.88 bits per heavy atom. The lowest BCUT2D eigenvalue weighted by molar-refractivity contribution is -0.118. The van der Waals surface area contributed by atoms with Crippen LogP contribution in [0.15, 0.2) is 58.2 Å². The normalized spacial score (nSPS) is 10.9. The SMILES string of the molecule is O=C(CSc1nc2ccccc2o1)NCCc1ccc(CO)cc1. The predicted molar refractivity (Wildman–Crippen MR) is 93.8 cm³/mol. The Morgan fingerprint density at radius 1 is 1.12 bits per heavy atom. The van der Waals surface area contributed by atoms with Crippen LogP contribution in [-0.4, -0.2) is 28.3 Å². The summed E-state index contributed by atoms with van der Waals surface area (Å²) in [6.07, 6.45) is 0.755. The van der Waals surface area contributed by atoms with Gasteiger partial charge in [-0.05, 0) is 29.7 Å². The molecule has 0 bridgehead atoms. The van der Waals surface area contributed by atoms with Crippen molar-refractivity contribution in [3.63, 3.8) is 0 Å². The van der Waals surface area contributed by atoms with Gasteiger partial charge in [-0.3, -0.25) is 4.79 Å². The molecule has 0 saturated heterocycles. The van der Waals surface area contributed by atoms with Crippen LogP contribution in [0.25, 0.3) is 11.1 Å². The van der Waals surface area contributed by atoms with Crippen LogP contribution in [0, 0.1) is 0 Å². The molecular formula is C18H18N2O3S. The van der Waals surface area contributed by atoms with Crippen LogP contribution in [0.4, 0.5) is 0 Å². The molecule has 1 aromatic heterocycles. The lowest BCUT2D eigenvalue weighted by atomic mass is 10.1. The maximum absolute atomic E-state index is 11.9. The number of benzene rings is 2. The van der Waals surface area contributed by atoms with Gasteiger partial charge in [-0.15, -0.1) is 0 Å². The molecule has 2 aromatic carbocycles. The molecule has 0 aliphatic heterocycles. The summed E-state index contributed by atoms with van der Waals surface area (Å²) in [5.74, 6) is 0.227. The molecule has 0 saturated carbocycles. The fourth-order valence-corrected chi connectivity index (χ4v) is 2.92. The zero-order valence-electron chi connectivity index (χ0n) is 13.1. The highest BCUT2D eigenvalue weighted by Crippen LogP contribution is 2.22. The largest absolute Gasteiger partial charge is 0.431 e. The number of oxazole rings is 1. The molecule has 6 heteroatoms. The average molecular weight is 342 g/mol. The van der Waals surface area contributed by atoms with Gasteiger partial charge in [0.25, 0.3) is 5.22 Å². The number of hydrogen-bond donors (Lipinski definition) is 2. The Labute approximate surface area is 144 Å². The Hall–Kier alpha value is -2.31. The number of carbonyl (C=O) groups excluding carboxylic acids is 1. The number of nitrogens with zero attached hydrogens (tertiary/aromatic N) is 1. The zero-order valence-corrected chi connectivity index (χ0v) is 13.9. The molecule has 1 heterocycles. The van der Waals surface area contributed by atoms with Gasteiger partial charge in [0.05, 0.1) is 12.4 Å². The minimum atomic E-state index is -0.0470. The summed E-state index contributed by atoms with van der Waals surface area (Å²) in [5, 5.41) is 12.4. The third kappa shape index (κ3) is 4.37. The molecule has 2 N–H and O–H groups in total. The molecule has 0 spiro atoms. The fraction of sp³-hybridized carbons (Fsp3) is 0.222. The van der Waals surface area contributed by atoms with Crippen LogP contribution in [0.1, 0.15) is 11.1 Å². The van der Waals surface area contributed by atoms with Crippen LogP contribution in [0.2, 0.25) is 0 Å². The van der Waals surface area contributed by atoms with Gasteiger partial charge < -0.3 is 14.8 Å². The van der Waals surface area contributed by atoms with Crippen molar-refractivity contribution in [3.8, 4) is 0 Å². The highest BCUT2D eigenvalue weighted by atomic mass is 32.2. The Balaban J connectivity index is 1.42. The summed E-state index contributed by atoms with van der Waals surface area (Å²) < 4.78 is 5.57. The molecule has 3 rings (SSSR count). The number of aliphatic hydroxyl groups excluding tert-OH is 1. The second kappa shape index (κ2) is 7.99. The number of para-hydroxylation sites is 2. The molecule has 0 radical (unpaired) electrons. The number of thioether (sulfide) groups is 1. The highest BCUT2D eigenvalue weighted by Gasteiger charge is 2.08. The van der Waals surface area contributed by atoms with Crippen LogP contribution >= 0.6 is 11.8 Å². The van der Waals surface area contributed by atoms with E-state index in [1.165, 1.54) is 11.8 Å². The molecule has 24 heavy (non-hydrogen) atoms. The molecule has 0 atom stereocenters. The summed E-state index contributed by atoms with van der Waals surface area (Å²) >= 11 is 1.29. The van der Waals surface area contributed by atoms with Gasteiger partial charge in [0.1, 0.15) is 5.52 Å². The van der Waals surface area contributed by atoms with Crippen molar-refractivity contribution >= 4 is 28.8 Å². The van der Waals surface area contributed by atoms with Crippen molar-refractivity contribution in [1.82, 2.24) is 10.3 Å². The van der Waals surface area contributed by atoms with Gasteiger partial charge >= 0.3 is 0 Å². The minimum absolute atomic E-state index is 0.0457. The van der Waals surface area contributed by atoms with Crippen molar-refractivity contribution < 1.29 is 14.3 Å². The number of hydrogen-bond acceptors (Lipinski definition) is 5. The van der Waals surface area contributed by atoms with Crippen molar-refractivity contribution in [2.24, 2.45) is 0 Å². The third-order valence-electron chi connectivity index (χ3n) is 3.54. The number of aromatic nitrogens is 1. The lowest BCUT2D eigenvalue weighted by Crippen LogP contribution is -2.27. The van der Waals surface area contributed by atoms with E-state index < -0.39 is 0 Å². The van der Waals surface area contributed by atoms with E-state index in [0.717, 1.165) is 28.6 Å². The topological polar surface area (TPSA) is 75.4 Å². The highest BCUT2D eigenvalue weighted by molar-refractivity contribution is 7.99. The number of fused-ring (bicyclic) bond motifs is 1. The first-order chi connectivity index (χ1) is 11.7. The maximum atomic E-state index is 11.9. The quantitative estimate of drug-likeness (QED) is 0.646. The molecule has 0 aliphatic rings. The van der Waals surface area contributed by atoms with Crippen molar-refractivity contribution in [2.45, 2.75) is 18.3 Å². The molecule has 0 aliphatic carbocycles. The minimum Gasteiger partial charge on any atom is -0.431 e. The number of carbonyl (C=O) groups is 1.